The lowest BCUT2D eigenvalue weighted by Crippen LogP contribution is -2.30. The number of nitrogens with one attached hydrogen (secondary N) is 1. The van der Waals surface area contributed by atoms with Crippen molar-refractivity contribution < 1.29 is 4.74 Å². The highest BCUT2D eigenvalue weighted by Crippen LogP contribution is 2.36. The van der Waals surface area contributed by atoms with Gasteiger partial charge in [0.15, 0.2) is 0 Å². The van der Waals surface area contributed by atoms with Crippen molar-refractivity contribution in [1.82, 2.24) is 15.0 Å². The van der Waals surface area contributed by atoms with Crippen molar-refractivity contribution in [1.29, 1.82) is 0 Å². The van der Waals surface area contributed by atoms with Gasteiger partial charge in [0.1, 0.15) is 0 Å². The zero-order chi connectivity index (χ0) is 14.7. The minimum Gasteiger partial charge on any atom is -0.463 e. The second kappa shape index (κ2) is 6.45. The lowest BCUT2D eigenvalue weighted by molar-refractivity contribution is 0.291. The number of hydrogen-bond acceptors (Lipinski definition) is 6. The molecule has 116 valence electrons. The molecule has 2 aliphatic carbocycles. The first-order valence-corrected chi connectivity index (χ1v) is 8.19. The Labute approximate surface area is 126 Å². The zero-order valence-electron chi connectivity index (χ0n) is 13.0. The minimum atomic E-state index is 0.444. The van der Waals surface area contributed by atoms with Crippen LogP contribution in [0.25, 0.3) is 0 Å². The average Bonchev–Trinajstić information content (AvgIpc) is 3.36. The quantitative estimate of drug-likeness (QED) is 0.754. The molecule has 0 radical (unpaired) electrons. The fourth-order valence-electron chi connectivity index (χ4n) is 2.33. The Hall–Kier alpha value is -1.59. The molecule has 1 aromatic rings. The molecule has 0 spiro atoms. The van der Waals surface area contributed by atoms with Crippen molar-refractivity contribution in [2.24, 2.45) is 5.92 Å². The van der Waals surface area contributed by atoms with E-state index in [1.165, 1.54) is 25.7 Å². The molecule has 21 heavy (non-hydrogen) atoms. The highest BCUT2D eigenvalue weighted by molar-refractivity contribution is 5.41. The van der Waals surface area contributed by atoms with E-state index >= 15 is 0 Å². The third-order valence-electron chi connectivity index (χ3n) is 3.77. The molecule has 2 fully saturated rings. The van der Waals surface area contributed by atoms with Crippen molar-refractivity contribution in [2.45, 2.75) is 52.0 Å². The van der Waals surface area contributed by atoms with Gasteiger partial charge in [-0.2, -0.15) is 15.0 Å². The minimum absolute atomic E-state index is 0.444. The Morgan fingerprint density at radius 2 is 1.95 bits per heavy atom. The molecule has 6 nitrogen and oxygen atoms in total. The van der Waals surface area contributed by atoms with Crippen LogP contribution in [-0.4, -0.2) is 40.7 Å². The second-order valence-corrected chi connectivity index (χ2v) is 5.95. The summed E-state index contributed by atoms with van der Waals surface area (Å²) in [5, 5.41) is 3.18. The normalized spacial score (nSPS) is 17.6. The fourth-order valence-corrected chi connectivity index (χ4v) is 2.33. The predicted molar refractivity (Wildman–Crippen MR) is 82.9 cm³/mol. The first-order chi connectivity index (χ1) is 10.3. The van der Waals surface area contributed by atoms with Gasteiger partial charge in [-0.3, -0.25) is 0 Å². The van der Waals surface area contributed by atoms with Crippen LogP contribution in [0.3, 0.4) is 0 Å². The van der Waals surface area contributed by atoms with Gasteiger partial charge in [-0.1, -0.05) is 6.92 Å². The van der Waals surface area contributed by atoms with Crippen molar-refractivity contribution in [3.05, 3.63) is 0 Å². The van der Waals surface area contributed by atoms with Crippen LogP contribution in [0, 0.1) is 5.92 Å². The zero-order valence-corrected chi connectivity index (χ0v) is 13.0. The maximum Gasteiger partial charge on any atom is 0.323 e. The monoisotopic (exact) mass is 291 g/mol. The summed E-state index contributed by atoms with van der Waals surface area (Å²) < 4.78 is 5.62. The highest BCUT2D eigenvalue weighted by Gasteiger charge is 2.35. The molecule has 3 rings (SSSR count). The Balaban J connectivity index is 1.80. The first kappa shape index (κ1) is 14.4. The molecular formula is C15H25N5O. The number of aromatic nitrogens is 3. The third-order valence-corrected chi connectivity index (χ3v) is 3.77. The van der Waals surface area contributed by atoms with Crippen molar-refractivity contribution >= 4 is 11.9 Å². The van der Waals surface area contributed by atoms with Gasteiger partial charge in [0.05, 0.1) is 6.61 Å². The van der Waals surface area contributed by atoms with Crippen LogP contribution in [0.4, 0.5) is 11.9 Å². The van der Waals surface area contributed by atoms with Crippen LogP contribution >= 0.6 is 0 Å². The standard InChI is InChI=1S/C15H25N5O/c1-3-9-21-15-18-13(16-4-2)17-14(19-15)20(12-7-8-12)10-11-5-6-11/h11-12H,3-10H2,1-2H3,(H,16,17,18,19). The fraction of sp³-hybridized carbons (Fsp3) is 0.800. The van der Waals surface area contributed by atoms with Crippen LogP contribution in [0.15, 0.2) is 0 Å². The number of rotatable bonds is 9. The van der Waals surface area contributed by atoms with E-state index in [2.05, 4.69) is 32.1 Å². The second-order valence-electron chi connectivity index (χ2n) is 5.95. The van der Waals surface area contributed by atoms with E-state index in [1.807, 2.05) is 6.92 Å². The molecule has 0 aliphatic heterocycles. The number of anilines is 2. The molecule has 1 aromatic heterocycles. The Bertz CT molecular complexity index is 473. The summed E-state index contributed by atoms with van der Waals surface area (Å²) in [6.07, 6.45) is 6.13. The number of ether oxygens (including phenoxy) is 1. The summed E-state index contributed by atoms with van der Waals surface area (Å²) >= 11 is 0. The topological polar surface area (TPSA) is 63.2 Å². The van der Waals surface area contributed by atoms with E-state index < -0.39 is 0 Å². The molecule has 0 aromatic carbocycles. The van der Waals surface area contributed by atoms with Gasteiger partial charge in [0.2, 0.25) is 11.9 Å². The molecule has 0 saturated heterocycles. The van der Waals surface area contributed by atoms with E-state index in [-0.39, 0.29) is 0 Å². The maximum absolute atomic E-state index is 5.62. The van der Waals surface area contributed by atoms with Crippen LogP contribution < -0.4 is 15.0 Å². The summed E-state index contributed by atoms with van der Waals surface area (Å²) in [6, 6.07) is 1.06. The van der Waals surface area contributed by atoms with Crippen molar-refractivity contribution in [3.63, 3.8) is 0 Å². The Kier molecular flexibility index (Phi) is 4.41. The van der Waals surface area contributed by atoms with E-state index in [9.17, 15) is 0 Å². The smallest absolute Gasteiger partial charge is 0.323 e. The van der Waals surface area contributed by atoms with E-state index in [0.717, 1.165) is 31.4 Å². The van der Waals surface area contributed by atoms with E-state index in [1.54, 1.807) is 0 Å². The van der Waals surface area contributed by atoms with E-state index in [4.69, 9.17) is 4.74 Å². The summed E-state index contributed by atoms with van der Waals surface area (Å²) in [4.78, 5) is 15.8. The maximum atomic E-state index is 5.62. The molecular weight excluding hydrogens is 266 g/mol. The Morgan fingerprint density at radius 1 is 1.14 bits per heavy atom. The van der Waals surface area contributed by atoms with Crippen molar-refractivity contribution in [3.8, 4) is 6.01 Å². The van der Waals surface area contributed by atoms with Gasteiger partial charge in [-0.25, -0.2) is 0 Å². The van der Waals surface area contributed by atoms with Crippen LogP contribution in [0.5, 0.6) is 6.01 Å². The Morgan fingerprint density at radius 3 is 2.57 bits per heavy atom. The molecule has 1 heterocycles. The highest BCUT2D eigenvalue weighted by atomic mass is 16.5. The summed E-state index contributed by atoms with van der Waals surface area (Å²) in [5.41, 5.74) is 0. The molecule has 0 bridgehead atoms. The van der Waals surface area contributed by atoms with Gasteiger partial charge in [0, 0.05) is 19.1 Å². The summed E-state index contributed by atoms with van der Waals surface area (Å²) in [7, 11) is 0. The molecule has 0 atom stereocenters. The lowest BCUT2D eigenvalue weighted by atomic mass is 10.3. The largest absolute Gasteiger partial charge is 0.463 e. The van der Waals surface area contributed by atoms with Crippen LogP contribution in [0.2, 0.25) is 0 Å². The molecule has 0 amide bonds. The van der Waals surface area contributed by atoms with Crippen molar-refractivity contribution in [2.75, 3.05) is 29.9 Å². The van der Waals surface area contributed by atoms with Crippen LogP contribution in [0.1, 0.15) is 46.0 Å². The number of nitrogens with zero attached hydrogens (tertiary/aromatic N) is 4. The predicted octanol–water partition coefficient (Wildman–Crippen LogP) is 2.47. The van der Waals surface area contributed by atoms with Crippen LogP contribution in [-0.2, 0) is 0 Å². The van der Waals surface area contributed by atoms with Gasteiger partial charge in [-0.05, 0) is 44.9 Å². The SMILES string of the molecule is CCCOc1nc(NCC)nc(N(CC2CC2)C2CC2)n1. The molecule has 2 aliphatic rings. The molecule has 0 unspecified atom stereocenters. The molecule has 1 N–H and O–H groups in total. The molecule has 6 heteroatoms. The summed E-state index contributed by atoms with van der Waals surface area (Å²) in [5.74, 6) is 2.22. The number of hydrogen-bond donors (Lipinski definition) is 1. The summed E-state index contributed by atoms with van der Waals surface area (Å²) in [6.45, 7) is 6.63. The van der Waals surface area contributed by atoms with Gasteiger partial charge < -0.3 is 15.0 Å². The van der Waals surface area contributed by atoms with Gasteiger partial charge >= 0.3 is 6.01 Å². The average molecular weight is 291 g/mol. The van der Waals surface area contributed by atoms with Gasteiger partial charge in [-0.15, -0.1) is 0 Å². The third kappa shape index (κ3) is 3.95. The van der Waals surface area contributed by atoms with Gasteiger partial charge in [0.25, 0.3) is 0 Å². The van der Waals surface area contributed by atoms with E-state index in [0.29, 0.717) is 24.6 Å². The first-order valence-electron chi connectivity index (χ1n) is 8.19. The molecule has 2 saturated carbocycles. The lowest BCUT2D eigenvalue weighted by Gasteiger charge is -2.22.